The van der Waals surface area contributed by atoms with Crippen LogP contribution in [0.3, 0.4) is 0 Å². The lowest BCUT2D eigenvalue weighted by Crippen LogP contribution is -2.32. The number of carboxylic acid groups (broad SMARTS) is 2. The number of carbonyl (C=O) groups is 2. The van der Waals surface area contributed by atoms with E-state index in [9.17, 15) is 9.59 Å². The molecule has 9 N–H and O–H groups in total. The van der Waals surface area contributed by atoms with Crippen LogP contribution in [0.5, 0.6) is 0 Å². The highest BCUT2D eigenvalue weighted by atomic mass is 16.4. The first-order chi connectivity index (χ1) is 15.4. The van der Waals surface area contributed by atoms with Crippen molar-refractivity contribution in [3.05, 3.63) is 0 Å². The van der Waals surface area contributed by atoms with Gasteiger partial charge < -0.3 is 46.0 Å². The zero-order valence-corrected chi connectivity index (χ0v) is 20.4. The summed E-state index contributed by atoms with van der Waals surface area (Å²) in [5.41, 5.74) is -0.972. The number of aliphatic hydroxyl groups is 7. The van der Waals surface area contributed by atoms with Gasteiger partial charge in [-0.1, -0.05) is 40.0 Å². The molecule has 0 aromatic heterocycles. The first-order valence-corrected chi connectivity index (χ1v) is 11.1. The van der Waals surface area contributed by atoms with Crippen LogP contribution in [0.4, 0.5) is 0 Å². The van der Waals surface area contributed by atoms with Crippen LogP contribution in [0.1, 0.15) is 72.1 Å². The minimum absolute atomic E-state index is 0.0451. The predicted octanol–water partition coefficient (Wildman–Crippen LogP) is 0.214. The van der Waals surface area contributed by atoms with Crippen molar-refractivity contribution in [1.82, 2.24) is 0 Å². The summed E-state index contributed by atoms with van der Waals surface area (Å²) in [7, 11) is 0. The summed E-state index contributed by atoms with van der Waals surface area (Å²) in [5, 5.41) is 74.7. The predicted molar refractivity (Wildman–Crippen MR) is 124 cm³/mol. The molecule has 0 saturated carbocycles. The van der Waals surface area contributed by atoms with E-state index in [2.05, 4.69) is 0 Å². The van der Waals surface area contributed by atoms with Gasteiger partial charge in [0.15, 0.2) is 0 Å². The molecule has 11 nitrogen and oxygen atoms in total. The van der Waals surface area contributed by atoms with Gasteiger partial charge in [-0.2, -0.15) is 0 Å². The Morgan fingerprint density at radius 2 is 0.879 bits per heavy atom. The third-order valence-corrected chi connectivity index (χ3v) is 4.49. The van der Waals surface area contributed by atoms with Crippen LogP contribution in [-0.2, 0) is 9.59 Å². The number of aliphatic hydroxyl groups excluding tert-OH is 7. The van der Waals surface area contributed by atoms with E-state index in [1.54, 1.807) is 13.8 Å². The molecule has 0 aliphatic heterocycles. The number of hydrogen-bond donors (Lipinski definition) is 9. The molecule has 0 amide bonds. The van der Waals surface area contributed by atoms with E-state index in [-0.39, 0.29) is 64.5 Å². The Bertz CT molecular complexity index is 381. The highest BCUT2D eigenvalue weighted by Gasteiger charge is 2.24. The van der Waals surface area contributed by atoms with E-state index in [4.69, 9.17) is 46.0 Å². The van der Waals surface area contributed by atoms with E-state index >= 15 is 0 Å². The summed E-state index contributed by atoms with van der Waals surface area (Å²) in [5.74, 6) is -1.52. The minimum atomic E-state index is -0.759. The Labute approximate surface area is 197 Å². The van der Waals surface area contributed by atoms with Gasteiger partial charge in [0, 0.05) is 23.7 Å². The second kappa shape index (κ2) is 26.9. The lowest BCUT2D eigenvalue weighted by molar-refractivity contribution is -0.138. The number of carboxylic acids is 2. The largest absolute Gasteiger partial charge is 0.481 e. The van der Waals surface area contributed by atoms with Crippen LogP contribution in [0.15, 0.2) is 0 Å². The highest BCUT2D eigenvalue weighted by molar-refractivity contribution is 5.66. The van der Waals surface area contributed by atoms with E-state index in [1.807, 2.05) is 6.92 Å². The van der Waals surface area contributed by atoms with Crippen LogP contribution >= 0.6 is 0 Å². The van der Waals surface area contributed by atoms with Crippen molar-refractivity contribution in [3.63, 3.8) is 0 Å². The van der Waals surface area contributed by atoms with Gasteiger partial charge in [-0.25, -0.2) is 0 Å². The zero-order valence-electron chi connectivity index (χ0n) is 20.4. The van der Waals surface area contributed by atoms with E-state index in [0.29, 0.717) is 19.3 Å². The average molecular weight is 489 g/mol. The van der Waals surface area contributed by atoms with Crippen molar-refractivity contribution in [2.24, 2.45) is 10.8 Å². The molecule has 0 saturated heterocycles. The van der Waals surface area contributed by atoms with Crippen molar-refractivity contribution in [2.75, 3.05) is 46.2 Å². The molecule has 0 bridgehead atoms. The molecule has 0 aliphatic rings. The van der Waals surface area contributed by atoms with Crippen molar-refractivity contribution in [2.45, 2.75) is 72.1 Å². The third kappa shape index (κ3) is 32.9. The van der Waals surface area contributed by atoms with Crippen molar-refractivity contribution in [1.29, 1.82) is 0 Å². The Morgan fingerprint density at radius 3 is 1.00 bits per heavy atom. The summed E-state index contributed by atoms with van der Waals surface area (Å²) in [6, 6.07) is 0. The fourth-order valence-corrected chi connectivity index (χ4v) is 1.62. The van der Waals surface area contributed by atoms with Crippen LogP contribution in [0.25, 0.3) is 0 Å². The topological polar surface area (TPSA) is 216 Å². The fourth-order valence-electron chi connectivity index (χ4n) is 1.62. The molecule has 33 heavy (non-hydrogen) atoms. The molecule has 0 radical (unpaired) electrons. The molecule has 0 unspecified atom stereocenters. The average Bonchev–Trinajstić information content (AvgIpc) is 2.81. The number of unbranched alkanes of at least 4 members (excludes halogenated alkanes) is 4. The second-order valence-electron chi connectivity index (χ2n) is 8.31. The number of hydrogen-bond acceptors (Lipinski definition) is 9. The molecule has 0 spiro atoms. The van der Waals surface area contributed by atoms with Gasteiger partial charge in [0.1, 0.15) is 0 Å². The standard InChI is InChI=1S/C9H16O4.C6H14O3.C5H12O2.C2H6O2/c10-8(11)6-4-2-1-3-5-7-9(12)13;1-2-6(3-7,4-8)5-9;1-5(2,3-6)4-7;3-1-2-4/h1-7H2,(H,10,11)(H,12,13);7-9H,2-5H2,1H3;6-7H,3-4H2,1-2H3;3-4H,1-2H2. The Balaban J connectivity index is -0.000000184. The molecule has 0 atom stereocenters. The summed E-state index contributed by atoms with van der Waals surface area (Å²) in [4.78, 5) is 20.2. The molecular formula is C22H48O11. The summed E-state index contributed by atoms with van der Waals surface area (Å²) in [6.07, 6.45) is 5.12. The smallest absolute Gasteiger partial charge is 0.303 e. The van der Waals surface area contributed by atoms with Crippen LogP contribution in [0.2, 0.25) is 0 Å². The van der Waals surface area contributed by atoms with Gasteiger partial charge in [0.05, 0.1) is 46.2 Å². The maximum atomic E-state index is 10.1. The monoisotopic (exact) mass is 488 g/mol. The third-order valence-electron chi connectivity index (χ3n) is 4.49. The molecule has 0 aromatic carbocycles. The first kappa shape index (κ1) is 38.9. The molecule has 0 aliphatic carbocycles. The summed E-state index contributed by atoms with van der Waals surface area (Å²) >= 11 is 0. The maximum absolute atomic E-state index is 10.1. The zero-order chi connectivity index (χ0) is 26.8. The maximum Gasteiger partial charge on any atom is 0.303 e. The molecular weight excluding hydrogens is 440 g/mol. The highest BCUT2D eigenvalue weighted by Crippen LogP contribution is 2.18. The molecule has 0 rings (SSSR count). The van der Waals surface area contributed by atoms with E-state index in [0.717, 1.165) is 19.3 Å². The van der Waals surface area contributed by atoms with Crippen LogP contribution in [0, 0.1) is 10.8 Å². The number of rotatable bonds is 15. The van der Waals surface area contributed by atoms with Crippen molar-refractivity contribution in [3.8, 4) is 0 Å². The van der Waals surface area contributed by atoms with Gasteiger partial charge in [-0.15, -0.1) is 0 Å². The SMILES string of the molecule is CC(C)(CO)CO.CCC(CO)(CO)CO.O=C(O)CCCCCCCC(=O)O.OCCO. The Hall–Kier alpha value is -1.34. The van der Waals surface area contributed by atoms with Gasteiger partial charge >= 0.3 is 11.9 Å². The van der Waals surface area contributed by atoms with Gasteiger partial charge in [-0.3, -0.25) is 9.59 Å². The fraction of sp³-hybridized carbons (Fsp3) is 0.909. The number of aliphatic carboxylic acids is 2. The summed E-state index contributed by atoms with van der Waals surface area (Å²) < 4.78 is 0. The lowest BCUT2D eigenvalue weighted by Gasteiger charge is -2.24. The molecule has 0 heterocycles. The van der Waals surface area contributed by atoms with Gasteiger partial charge in [0.2, 0.25) is 0 Å². The molecule has 202 valence electrons. The first-order valence-electron chi connectivity index (χ1n) is 11.1. The van der Waals surface area contributed by atoms with Gasteiger partial charge in [-0.05, 0) is 19.3 Å². The van der Waals surface area contributed by atoms with Gasteiger partial charge in [0.25, 0.3) is 0 Å². The summed E-state index contributed by atoms with van der Waals surface area (Å²) in [6.45, 7) is 4.79. The van der Waals surface area contributed by atoms with Crippen molar-refractivity contribution < 1.29 is 55.5 Å². The minimum Gasteiger partial charge on any atom is -0.481 e. The lowest BCUT2D eigenvalue weighted by atomic mass is 9.88. The van der Waals surface area contributed by atoms with Crippen LogP contribution in [-0.4, -0.2) is 104 Å². The quantitative estimate of drug-likeness (QED) is 0.142. The molecule has 0 fully saturated rings. The van der Waals surface area contributed by atoms with Crippen molar-refractivity contribution >= 4 is 11.9 Å². The van der Waals surface area contributed by atoms with E-state index in [1.165, 1.54) is 0 Å². The van der Waals surface area contributed by atoms with E-state index < -0.39 is 17.4 Å². The Kier molecular flexibility index (Phi) is 31.7. The normalized spacial score (nSPS) is 10.6. The molecule has 0 aromatic rings. The Morgan fingerprint density at radius 1 is 0.576 bits per heavy atom. The van der Waals surface area contributed by atoms with Crippen LogP contribution < -0.4 is 0 Å². The second-order valence-corrected chi connectivity index (χ2v) is 8.31. The molecule has 11 heteroatoms.